The van der Waals surface area contributed by atoms with Crippen LogP contribution in [0.3, 0.4) is 0 Å². The SMILES string of the molecule is CC(C)C(CN)NS(=O)(=O)c1cc(F)cc(F)c1. The molecular formula is C11H16F2N2O2S. The Balaban J connectivity index is 3.06. The van der Waals surface area contributed by atoms with Gasteiger partial charge in [-0.25, -0.2) is 21.9 Å². The van der Waals surface area contributed by atoms with Crippen LogP contribution in [0.4, 0.5) is 8.78 Å². The quantitative estimate of drug-likeness (QED) is 0.851. The number of hydrogen-bond acceptors (Lipinski definition) is 3. The van der Waals surface area contributed by atoms with E-state index in [9.17, 15) is 17.2 Å². The number of nitrogens with two attached hydrogens (primary N) is 1. The van der Waals surface area contributed by atoms with Gasteiger partial charge in [0.05, 0.1) is 4.90 Å². The molecule has 0 aliphatic carbocycles. The van der Waals surface area contributed by atoms with Crippen molar-refractivity contribution < 1.29 is 17.2 Å². The lowest BCUT2D eigenvalue weighted by Gasteiger charge is -2.20. The van der Waals surface area contributed by atoms with Crippen LogP contribution < -0.4 is 10.5 Å². The molecule has 0 saturated heterocycles. The second kappa shape index (κ2) is 5.73. The molecule has 0 bridgehead atoms. The number of nitrogens with one attached hydrogen (secondary N) is 1. The molecule has 4 nitrogen and oxygen atoms in total. The van der Waals surface area contributed by atoms with Crippen LogP contribution in [0.25, 0.3) is 0 Å². The molecule has 0 radical (unpaired) electrons. The van der Waals surface area contributed by atoms with Crippen LogP contribution in [-0.2, 0) is 10.0 Å². The largest absolute Gasteiger partial charge is 0.329 e. The molecule has 1 unspecified atom stereocenters. The van der Waals surface area contributed by atoms with E-state index >= 15 is 0 Å². The summed E-state index contributed by atoms with van der Waals surface area (Å²) in [6.07, 6.45) is 0. The molecule has 1 atom stereocenters. The van der Waals surface area contributed by atoms with E-state index in [2.05, 4.69) is 4.72 Å². The number of sulfonamides is 1. The van der Waals surface area contributed by atoms with Gasteiger partial charge in [-0.05, 0) is 18.1 Å². The third kappa shape index (κ3) is 3.72. The molecule has 0 saturated carbocycles. The van der Waals surface area contributed by atoms with Gasteiger partial charge in [-0.3, -0.25) is 0 Å². The van der Waals surface area contributed by atoms with Gasteiger partial charge in [0.2, 0.25) is 10.0 Å². The molecule has 1 aromatic carbocycles. The molecule has 0 amide bonds. The minimum Gasteiger partial charge on any atom is -0.329 e. The standard InChI is InChI=1S/C11H16F2N2O2S/c1-7(2)11(6-14)15-18(16,17)10-4-8(12)3-9(13)5-10/h3-5,7,11,15H,6,14H2,1-2H3. The molecular weight excluding hydrogens is 262 g/mol. The minimum absolute atomic E-state index is 0.0248. The molecule has 102 valence electrons. The number of hydrogen-bond donors (Lipinski definition) is 2. The third-order valence-electron chi connectivity index (χ3n) is 2.51. The first kappa shape index (κ1) is 15.0. The van der Waals surface area contributed by atoms with Crippen LogP contribution in [0.2, 0.25) is 0 Å². The summed E-state index contributed by atoms with van der Waals surface area (Å²) < 4.78 is 52.1. The zero-order valence-corrected chi connectivity index (χ0v) is 11.0. The highest BCUT2D eigenvalue weighted by Gasteiger charge is 2.22. The van der Waals surface area contributed by atoms with Gasteiger partial charge < -0.3 is 5.73 Å². The van der Waals surface area contributed by atoms with Gasteiger partial charge in [0.1, 0.15) is 11.6 Å². The Morgan fingerprint density at radius 2 is 1.72 bits per heavy atom. The van der Waals surface area contributed by atoms with Gasteiger partial charge >= 0.3 is 0 Å². The van der Waals surface area contributed by atoms with Gasteiger partial charge in [-0.2, -0.15) is 0 Å². The van der Waals surface area contributed by atoms with E-state index in [0.717, 1.165) is 12.1 Å². The zero-order chi connectivity index (χ0) is 13.9. The Morgan fingerprint density at radius 1 is 1.22 bits per heavy atom. The normalized spacial score (nSPS) is 13.9. The van der Waals surface area contributed by atoms with Crippen molar-refractivity contribution in [3.05, 3.63) is 29.8 Å². The van der Waals surface area contributed by atoms with E-state index in [4.69, 9.17) is 5.73 Å². The molecule has 0 aliphatic rings. The maximum Gasteiger partial charge on any atom is 0.241 e. The first-order valence-electron chi connectivity index (χ1n) is 5.44. The monoisotopic (exact) mass is 278 g/mol. The van der Waals surface area contributed by atoms with Gasteiger partial charge in [-0.1, -0.05) is 13.8 Å². The predicted octanol–water partition coefficient (Wildman–Crippen LogP) is 1.23. The summed E-state index contributed by atoms with van der Waals surface area (Å²) in [4.78, 5) is -0.445. The summed E-state index contributed by atoms with van der Waals surface area (Å²) in [5, 5.41) is 0. The van der Waals surface area contributed by atoms with Crippen LogP contribution >= 0.6 is 0 Å². The maximum absolute atomic E-state index is 13.0. The van der Waals surface area contributed by atoms with E-state index in [1.165, 1.54) is 0 Å². The first-order valence-corrected chi connectivity index (χ1v) is 6.93. The molecule has 0 fully saturated rings. The minimum atomic E-state index is -3.97. The van der Waals surface area contributed by atoms with Gasteiger partial charge in [0.15, 0.2) is 0 Å². The van der Waals surface area contributed by atoms with Crippen molar-refractivity contribution in [1.29, 1.82) is 0 Å². The van der Waals surface area contributed by atoms with Crippen molar-refractivity contribution in [2.24, 2.45) is 11.7 Å². The highest BCUT2D eigenvalue weighted by atomic mass is 32.2. The predicted molar refractivity (Wildman–Crippen MR) is 64.4 cm³/mol. The lowest BCUT2D eigenvalue weighted by atomic mass is 10.1. The van der Waals surface area contributed by atoms with Crippen molar-refractivity contribution in [3.8, 4) is 0 Å². The van der Waals surface area contributed by atoms with Crippen molar-refractivity contribution >= 4 is 10.0 Å². The summed E-state index contributed by atoms with van der Waals surface area (Å²) in [5.74, 6) is -1.91. The van der Waals surface area contributed by atoms with Gasteiger partial charge in [0.25, 0.3) is 0 Å². The molecule has 1 rings (SSSR count). The van der Waals surface area contributed by atoms with Crippen LogP contribution in [0.5, 0.6) is 0 Å². The van der Waals surface area contributed by atoms with Crippen LogP contribution in [0.15, 0.2) is 23.1 Å². The molecule has 1 aromatic rings. The summed E-state index contributed by atoms with van der Waals surface area (Å²) in [6.45, 7) is 3.70. The van der Waals surface area contributed by atoms with E-state index in [-0.39, 0.29) is 12.5 Å². The Hall–Kier alpha value is -1.05. The fraction of sp³-hybridized carbons (Fsp3) is 0.455. The van der Waals surface area contributed by atoms with E-state index in [1.54, 1.807) is 13.8 Å². The zero-order valence-electron chi connectivity index (χ0n) is 10.2. The van der Waals surface area contributed by atoms with Crippen molar-refractivity contribution in [3.63, 3.8) is 0 Å². The Bertz CT molecular complexity index is 498. The van der Waals surface area contributed by atoms with Crippen molar-refractivity contribution in [1.82, 2.24) is 4.72 Å². The molecule has 18 heavy (non-hydrogen) atoms. The Morgan fingerprint density at radius 3 is 2.11 bits per heavy atom. The smallest absolute Gasteiger partial charge is 0.241 e. The fourth-order valence-electron chi connectivity index (χ4n) is 1.41. The first-order chi connectivity index (χ1) is 8.26. The number of rotatable bonds is 5. The summed E-state index contributed by atoms with van der Waals surface area (Å²) >= 11 is 0. The van der Waals surface area contributed by atoms with Crippen LogP contribution in [0, 0.1) is 17.6 Å². The van der Waals surface area contributed by atoms with Crippen LogP contribution in [-0.4, -0.2) is 21.0 Å². The fourth-order valence-corrected chi connectivity index (χ4v) is 2.85. The third-order valence-corrected chi connectivity index (χ3v) is 3.98. The van der Waals surface area contributed by atoms with E-state index < -0.39 is 32.6 Å². The van der Waals surface area contributed by atoms with E-state index in [1.807, 2.05) is 0 Å². The highest BCUT2D eigenvalue weighted by Crippen LogP contribution is 2.15. The van der Waals surface area contributed by atoms with Gasteiger partial charge in [-0.15, -0.1) is 0 Å². The van der Waals surface area contributed by atoms with Crippen molar-refractivity contribution in [2.75, 3.05) is 6.54 Å². The topological polar surface area (TPSA) is 72.2 Å². The number of halogens is 2. The lowest BCUT2D eigenvalue weighted by Crippen LogP contribution is -2.43. The summed E-state index contributed by atoms with van der Waals surface area (Å²) in [5.41, 5.74) is 5.44. The summed E-state index contributed by atoms with van der Waals surface area (Å²) in [6, 6.07) is 1.65. The highest BCUT2D eigenvalue weighted by molar-refractivity contribution is 7.89. The Labute approximate surface area is 105 Å². The molecule has 0 aromatic heterocycles. The lowest BCUT2D eigenvalue weighted by molar-refractivity contribution is 0.454. The van der Waals surface area contributed by atoms with E-state index in [0.29, 0.717) is 6.07 Å². The van der Waals surface area contributed by atoms with Crippen molar-refractivity contribution in [2.45, 2.75) is 24.8 Å². The second-order valence-electron chi connectivity index (χ2n) is 4.31. The molecule has 3 N–H and O–H groups in total. The Kier molecular flexibility index (Phi) is 4.78. The molecule has 0 aliphatic heterocycles. The molecule has 7 heteroatoms. The van der Waals surface area contributed by atoms with Crippen LogP contribution in [0.1, 0.15) is 13.8 Å². The average molecular weight is 278 g/mol. The molecule has 0 spiro atoms. The maximum atomic E-state index is 13.0. The number of benzene rings is 1. The van der Waals surface area contributed by atoms with Gasteiger partial charge in [0, 0.05) is 18.7 Å². The molecule has 0 heterocycles. The second-order valence-corrected chi connectivity index (χ2v) is 6.03. The average Bonchev–Trinajstić information content (AvgIpc) is 2.24. The summed E-state index contributed by atoms with van der Waals surface area (Å²) in [7, 11) is -3.97.